The van der Waals surface area contributed by atoms with Gasteiger partial charge in [-0.15, -0.1) is 0 Å². The number of carbonyl (C=O) groups excluding carboxylic acids is 3. The molecule has 0 aliphatic rings. The number of ether oxygens (including phenoxy) is 1. The third-order valence-electron chi connectivity index (χ3n) is 6.71. The quantitative estimate of drug-likeness (QED) is 0.158. The molecule has 3 atom stereocenters. The summed E-state index contributed by atoms with van der Waals surface area (Å²) in [6.07, 6.45) is 0.162. The molecular weight excluding hydrogens is 540 g/mol. The number of benzene rings is 2. The van der Waals surface area contributed by atoms with E-state index < -0.39 is 29.5 Å². The highest BCUT2D eigenvalue weighted by molar-refractivity contribution is 6.15. The second kappa shape index (κ2) is 15.3. The Bertz CT molecular complexity index is 1220. The smallest absolute Gasteiger partial charge is 0.242 e. The van der Waals surface area contributed by atoms with Gasteiger partial charge in [0.15, 0.2) is 7.85 Å². The van der Waals surface area contributed by atoms with Gasteiger partial charge in [-0.25, -0.2) is 4.39 Å². The number of likely N-dealkylation sites (N-methyl/N-ethyl adjacent to an activating group) is 1. The van der Waals surface area contributed by atoms with Gasteiger partial charge in [-0.3, -0.25) is 14.5 Å². The molecule has 0 fully saturated rings. The summed E-state index contributed by atoms with van der Waals surface area (Å²) >= 11 is 0. The maximum absolute atomic E-state index is 15.7. The lowest BCUT2D eigenvalue weighted by Crippen LogP contribution is -2.56. The Morgan fingerprint density at radius 3 is 2.38 bits per heavy atom. The molecular formula is C31H43BFN3O6. The van der Waals surface area contributed by atoms with Crippen LogP contribution in [0.3, 0.4) is 0 Å². The van der Waals surface area contributed by atoms with Crippen LogP contribution in [0.5, 0.6) is 5.75 Å². The first kappa shape index (κ1) is 34.9. The van der Waals surface area contributed by atoms with Gasteiger partial charge in [-0.1, -0.05) is 51.1 Å². The van der Waals surface area contributed by atoms with Crippen LogP contribution >= 0.6 is 0 Å². The van der Waals surface area contributed by atoms with Crippen molar-refractivity contribution in [2.45, 2.75) is 78.4 Å². The monoisotopic (exact) mass is 583 g/mol. The number of aliphatic hydroxyl groups is 2. The van der Waals surface area contributed by atoms with E-state index in [-0.39, 0.29) is 54.7 Å². The number of aldehydes is 1. The Morgan fingerprint density at radius 2 is 1.81 bits per heavy atom. The molecule has 0 bridgehead atoms. The standard InChI is InChI=1S/C31H43BFN3O6/c1-21-10-7-14-26(27(21)31(32,41)36(20-38)25(13-9-15-37)29(40)34-6)42-18-24-12-8-11-23(28(24)33)17-35(16-22(2)39)19-30(3,4)5/h7-8,10-12,14-15,20,22,25,39,41H,9,13,16-19H2,1-6H3,(H,34,40). The molecule has 42 heavy (non-hydrogen) atoms. The van der Waals surface area contributed by atoms with Crippen molar-refractivity contribution in [2.75, 3.05) is 20.1 Å². The predicted octanol–water partition coefficient (Wildman–Crippen LogP) is 2.77. The number of rotatable bonds is 16. The topological polar surface area (TPSA) is 119 Å². The average Bonchev–Trinajstić information content (AvgIpc) is 2.89. The van der Waals surface area contributed by atoms with Crippen molar-refractivity contribution >= 4 is 26.4 Å². The van der Waals surface area contributed by atoms with Gasteiger partial charge in [0.2, 0.25) is 12.3 Å². The van der Waals surface area contributed by atoms with E-state index in [1.807, 2.05) is 4.90 Å². The first-order valence-corrected chi connectivity index (χ1v) is 14.0. The van der Waals surface area contributed by atoms with E-state index in [4.69, 9.17) is 12.6 Å². The summed E-state index contributed by atoms with van der Waals surface area (Å²) in [5.74, 6) is -0.979. The molecule has 3 N–H and O–H groups in total. The van der Waals surface area contributed by atoms with E-state index >= 15 is 4.39 Å². The van der Waals surface area contributed by atoms with E-state index in [0.29, 0.717) is 30.5 Å². The van der Waals surface area contributed by atoms with Gasteiger partial charge < -0.3 is 30.0 Å². The van der Waals surface area contributed by atoms with Gasteiger partial charge in [0, 0.05) is 49.8 Å². The number of hydrogen-bond acceptors (Lipinski definition) is 7. The normalized spacial score (nSPS) is 14.5. The van der Waals surface area contributed by atoms with Crippen molar-refractivity contribution in [1.82, 2.24) is 15.1 Å². The lowest BCUT2D eigenvalue weighted by Gasteiger charge is -2.41. The molecule has 0 aromatic heterocycles. The van der Waals surface area contributed by atoms with Crippen LogP contribution < -0.4 is 10.1 Å². The van der Waals surface area contributed by atoms with Crippen molar-refractivity contribution in [2.24, 2.45) is 5.41 Å². The number of nitrogens with one attached hydrogen (secondary N) is 1. The zero-order valence-corrected chi connectivity index (χ0v) is 25.4. The molecule has 2 rings (SSSR count). The molecule has 9 nitrogen and oxygen atoms in total. The lowest BCUT2D eigenvalue weighted by molar-refractivity contribution is -0.149. The molecule has 0 spiro atoms. The van der Waals surface area contributed by atoms with Crippen LogP contribution in [0.2, 0.25) is 0 Å². The first-order valence-electron chi connectivity index (χ1n) is 14.0. The summed E-state index contributed by atoms with van der Waals surface area (Å²) in [7, 11) is 7.70. The van der Waals surface area contributed by atoms with Crippen molar-refractivity contribution in [3.63, 3.8) is 0 Å². The van der Waals surface area contributed by atoms with Crippen LogP contribution in [0, 0.1) is 18.2 Å². The lowest BCUT2D eigenvalue weighted by atomic mass is 9.78. The van der Waals surface area contributed by atoms with Crippen LogP contribution in [0.4, 0.5) is 4.39 Å². The molecule has 0 aliphatic carbocycles. The number of carbonyl (C=O) groups is 3. The number of nitrogens with zero attached hydrogens (tertiary/aromatic N) is 2. The van der Waals surface area contributed by atoms with E-state index in [2.05, 4.69) is 26.1 Å². The number of aliphatic hydroxyl groups excluding tert-OH is 1. The fourth-order valence-electron chi connectivity index (χ4n) is 5.03. The largest absolute Gasteiger partial charge is 0.488 e. The summed E-state index contributed by atoms with van der Waals surface area (Å²) in [4.78, 5) is 38.5. The fourth-order valence-corrected chi connectivity index (χ4v) is 5.03. The molecule has 0 heterocycles. The van der Waals surface area contributed by atoms with Gasteiger partial charge in [-0.05, 0) is 37.3 Å². The van der Waals surface area contributed by atoms with E-state index in [1.54, 1.807) is 44.2 Å². The van der Waals surface area contributed by atoms with Crippen LogP contribution in [-0.2, 0) is 33.2 Å². The van der Waals surface area contributed by atoms with E-state index in [1.165, 1.54) is 13.1 Å². The Labute approximate surface area is 249 Å². The number of aryl methyl sites for hydroxylation is 1. The maximum atomic E-state index is 15.7. The van der Waals surface area contributed by atoms with Crippen molar-refractivity contribution < 1.29 is 33.7 Å². The Morgan fingerprint density at radius 1 is 1.17 bits per heavy atom. The minimum Gasteiger partial charge on any atom is -0.488 e. The van der Waals surface area contributed by atoms with Gasteiger partial charge in [-0.2, -0.15) is 0 Å². The predicted molar refractivity (Wildman–Crippen MR) is 159 cm³/mol. The number of hydrogen-bond donors (Lipinski definition) is 3. The Hall–Kier alpha value is -3.28. The summed E-state index contributed by atoms with van der Waals surface area (Å²) in [5.41, 5.74) is -1.39. The zero-order chi connectivity index (χ0) is 31.7. The van der Waals surface area contributed by atoms with Crippen molar-refractivity contribution in [1.29, 1.82) is 0 Å². The minimum absolute atomic E-state index is 0.0157. The minimum atomic E-state index is -2.50. The van der Waals surface area contributed by atoms with Gasteiger partial charge in [0.05, 0.1) is 6.10 Å². The van der Waals surface area contributed by atoms with Crippen LogP contribution in [-0.4, -0.2) is 78.7 Å². The second-order valence-electron chi connectivity index (χ2n) is 11.8. The molecule has 2 amide bonds. The first-order chi connectivity index (χ1) is 19.7. The molecule has 0 saturated carbocycles. The number of amides is 2. The molecule has 11 heteroatoms. The number of halogens is 1. The molecule has 2 radical (unpaired) electrons. The molecule has 2 aromatic carbocycles. The third-order valence-corrected chi connectivity index (χ3v) is 6.71. The fraction of sp³-hybridized carbons (Fsp3) is 0.516. The van der Waals surface area contributed by atoms with Crippen molar-refractivity contribution in [3.05, 3.63) is 64.5 Å². The Balaban J connectivity index is 2.40. The summed E-state index contributed by atoms with van der Waals surface area (Å²) < 4.78 is 21.7. The zero-order valence-electron chi connectivity index (χ0n) is 25.4. The van der Waals surface area contributed by atoms with Crippen molar-refractivity contribution in [3.8, 4) is 5.75 Å². The molecule has 3 unspecified atom stereocenters. The Kier molecular flexibility index (Phi) is 12.7. The molecule has 228 valence electrons. The van der Waals surface area contributed by atoms with Crippen LogP contribution in [0.1, 0.15) is 62.8 Å². The molecule has 2 aromatic rings. The van der Waals surface area contributed by atoms with Crippen LogP contribution in [0.25, 0.3) is 0 Å². The maximum Gasteiger partial charge on any atom is 0.242 e. The highest BCUT2D eigenvalue weighted by atomic mass is 19.1. The highest BCUT2D eigenvalue weighted by Crippen LogP contribution is 2.35. The molecule has 0 saturated heterocycles. The van der Waals surface area contributed by atoms with E-state index in [9.17, 15) is 24.6 Å². The SMILES string of the molecule is [B]C(O)(c1c(C)cccc1OCc1cccc(CN(CC(C)O)CC(C)(C)C)c1F)N(C=O)C(CCC=O)C(=O)NC. The molecule has 0 aliphatic heterocycles. The average molecular weight is 584 g/mol. The highest BCUT2D eigenvalue weighted by Gasteiger charge is 2.40. The second-order valence-corrected chi connectivity index (χ2v) is 11.8. The van der Waals surface area contributed by atoms with Crippen LogP contribution in [0.15, 0.2) is 36.4 Å². The van der Waals surface area contributed by atoms with E-state index in [0.717, 1.165) is 4.90 Å². The summed E-state index contributed by atoms with van der Waals surface area (Å²) in [5, 5.41) is 23.9. The summed E-state index contributed by atoms with van der Waals surface area (Å²) in [6, 6.07) is 8.59. The third kappa shape index (κ3) is 9.37. The van der Waals surface area contributed by atoms with Gasteiger partial charge in [0.25, 0.3) is 0 Å². The summed E-state index contributed by atoms with van der Waals surface area (Å²) in [6.45, 7) is 10.7. The van der Waals surface area contributed by atoms with Gasteiger partial charge in [0.1, 0.15) is 36.1 Å². The van der Waals surface area contributed by atoms with Gasteiger partial charge >= 0.3 is 0 Å².